The first-order chi connectivity index (χ1) is 12.3. The minimum absolute atomic E-state index is 0.00393. The molecular formula is C17H16N4O5. The van der Waals surface area contributed by atoms with Gasteiger partial charge in [0, 0.05) is 28.6 Å². The van der Waals surface area contributed by atoms with Crippen molar-refractivity contribution < 1.29 is 19.3 Å². The van der Waals surface area contributed by atoms with Crippen molar-refractivity contribution in [1.29, 1.82) is 0 Å². The molecule has 0 saturated heterocycles. The lowest BCUT2D eigenvalue weighted by atomic mass is 9.79. The van der Waals surface area contributed by atoms with Gasteiger partial charge >= 0.3 is 5.97 Å². The predicted octanol–water partition coefficient (Wildman–Crippen LogP) is 2.76. The van der Waals surface area contributed by atoms with Gasteiger partial charge in [-0.2, -0.15) is 4.98 Å². The number of nitrogens with zero attached hydrogens (tertiary/aromatic N) is 3. The summed E-state index contributed by atoms with van der Waals surface area (Å²) in [6, 6.07) is 6.05. The molecule has 9 nitrogen and oxygen atoms in total. The SMILES string of the molecule is CC1=C(C(=O)O)C(c2ccccc2[N+](=O)[O-])C(c2nc(C)no2)=C(C)N1. The van der Waals surface area contributed by atoms with Crippen LogP contribution in [0, 0.1) is 17.0 Å². The van der Waals surface area contributed by atoms with E-state index in [0.29, 0.717) is 22.8 Å². The first-order valence-electron chi connectivity index (χ1n) is 7.77. The molecule has 0 fully saturated rings. The number of nitro benzene ring substituents is 1. The van der Waals surface area contributed by atoms with Crippen molar-refractivity contribution in [3.05, 3.63) is 68.6 Å². The van der Waals surface area contributed by atoms with Gasteiger partial charge in [0.1, 0.15) is 0 Å². The van der Waals surface area contributed by atoms with Crippen molar-refractivity contribution in [2.45, 2.75) is 26.7 Å². The number of rotatable bonds is 4. The van der Waals surface area contributed by atoms with Gasteiger partial charge in [0.2, 0.25) is 0 Å². The fourth-order valence-corrected chi connectivity index (χ4v) is 3.18. The maximum atomic E-state index is 12.0. The Bertz CT molecular complexity index is 973. The van der Waals surface area contributed by atoms with E-state index >= 15 is 0 Å². The molecule has 2 aromatic rings. The maximum Gasteiger partial charge on any atom is 0.334 e. The van der Waals surface area contributed by atoms with E-state index in [4.69, 9.17) is 4.52 Å². The number of para-hydroxylation sites is 1. The molecule has 1 aromatic heterocycles. The van der Waals surface area contributed by atoms with Gasteiger partial charge in [-0.25, -0.2) is 4.79 Å². The van der Waals surface area contributed by atoms with E-state index in [1.165, 1.54) is 12.1 Å². The molecule has 9 heteroatoms. The van der Waals surface area contributed by atoms with Gasteiger partial charge in [0.25, 0.3) is 11.6 Å². The third-order valence-electron chi connectivity index (χ3n) is 4.19. The molecule has 134 valence electrons. The highest BCUT2D eigenvalue weighted by atomic mass is 16.6. The number of carboxylic acid groups (broad SMARTS) is 1. The Morgan fingerprint density at radius 3 is 2.54 bits per heavy atom. The number of dihydropyridines is 1. The van der Waals surface area contributed by atoms with Crippen LogP contribution in [0.4, 0.5) is 5.69 Å². The van der Waals surface area contributed by atoms with Crippen LogP contribution < -0.4 is 5.32 Å². The average molecular weight is 356 g/mol. The number of benzene rings is 1. The van der Waals surface area contributed by atoms with Crippen molar-refractivity contribution >= 4 is 17.2 Å². The number of carboxylic acids is 1. The van der Waals surface area contributed by atoms with E-state index in [1.807, 2.05) is 0 Å². The Morgan fingerprint density at radius 1 is 1.27 bits per heavy atom. The van der Waals surface area contributed by atoms with Gasteiger partial charge in [-0.3, -0.25) is 10.1 Å². The third kappa shape index (κ3) is 2.83. The molecule has 1 aromatic carbocycles. The van der Waals surface area contributed by atoms with Crippen LogP contribution in [0.25, 0.3) is 5.57 Å². The molecule has 2 N–H and O–H groups in total. The number of hydrogen-bond acceptors (Lipinski definition) is 7. The summed E-state index contributed by atoms with van der Waals surface area (Å²) in [6.45, 7) is 4.99. The molecule has 2 heterocycles. The molecule has 0 amide bonds. The Hall–Kier alpha value is -3.49. The molecule has 3 rings (SSSR count). The van der Waals surface area contributed by atoms with Crippen molar-refractivity contribution in [1.82, 2.24) is 15.5 Å². The molecule has 0 radical (unpaired) electrons. The van der Waals surface area contributed by atoms with Crippen molar-refractivity contribution in [2.75, 3.05) is 0 Å². The Morgan fingerprint density at radius 2 is 1.96 bits per heavy atom. The summed E-state index contributed by atoms with van der Waals surface area (Å²) in [6.07, 6.45) is 0. The number of aromatic nitrogens is 2. The van der Waals surface area contributed by atoms with Crippen LogP contribution in [0.2, 0.25) is 0 Å². The van der Waals surface area contributed by atoms with Gasteiger partial charge in [0.15, 0.2) is 5.82 Å². The molecule has 0 spiro atoms. The van der Waals surface area contributed by atoms with E-state index in [0.717, 1.165) is 0 Å². The van der Waals surface area contributed by atoms with E-state index in [1.54, 1.807) is 32.9 Å². The Kier molecular flexibility index (Phi) is 4.29. The number of aryl methyl sites for hydroxylation is 1. The zero-order valence-corrected chi connectivity index (χ0v) is 14.3. The molecule has 1 unspecified atom stereocenters. The van der Waals surface area contributed by atoms with Gasteiger partial charge in [-0.05, 0) is 20.8 Å². The fraction of sp³-hybridized carbons (Fsp3) is 0.235. The summed E-state index contributed by atoms with van der Waals surface area (Å²) in [5.41, 5.74) is 1.48. The molecule has 0 saturated carbocycles. The lowest BCUT2D eigenvalue weighted by Crippen LogP contribution is -2.28. The van der Waals surface area contributed by atoms with Crippen LogP contribution in [-0.4, -0.2) is 26.1 Å². The second-order valence-corrected chi connectivity index (χ2v) is 5.90. The first-order valence-corrected chi connectivity index (χ1v) is 7.77. The maximum absolute atomic E-state index is 12.0. The molecule has 1 aliphatic heterocycles. The minimum Gasteiger partial charge on any atom is -0.478 e. The summed E-state index contributed by atoms with van der Waals surface area (Å²) in [4.78, 5) is 27.1. The highest BCUT2D eigenvalue weighted by Crippen LogP contribution is 2.45. The van der Waals surface area contributed by atoms with Gasteiger partial charge in [0.05, 0.1) is 16.4 Å². The van der Waals surface area contributed by atoms with Gasteiger partial charge in [-0.1, -0.05) is 23.4 Å². The Balaban J connectivity index is 2.32. The second kappa shape index (κ2) is 6.43. The van der Waals surface area contributed by atoms with Crippen LogP contribution in [0.1, 0.15) is 37.0 Å². The molecule has 1 aliphatic rings. The smallest absolute Gasteiger partial charge is 0.334 e. The number of aliphatic carboxylic acids is 1. The molecule has 1 atom stereocenters. The van der Waals surface area contributed by atoms with Crippen molar-refractivity contribution in [3.63, 3.8) is 0 Å². The highest BCUT2D eigenvalue weighted by molar-refractivity contribution is 5.96. The molecule has 0 aliphatic carbocycles. The minimum atomic E-state index is -1.18. The summed E-state index contributed by atoms with van der Waals surface area (Å²) in [5, 5.41) is 28.0. The van der Waals surface area contributed by atoms with Crippen molar-refractivity contribution in [2.24, 2.45) is 0 Å². The number of carbonyl (C=O) groups is 1. The fourth-order valence-electron chi connectivity index (χ4n) is 3.18. The zero-order chi connectivity index (χ0) is 19.0. The number of hydrogen-bond donors (Lipinski definition) is 2. The van der Waals surface area contributed by atoms with Crippen LogP contribution >= 0.6 is 0 Å². The Labute approximate surface area is 148 Å². The number of nitro groups is 1. The summed E-state index contributed by atoms with van der Waals surface area (Å²) < 4.78 is 5.25. The first kappa shape index (κ1) is 17.3. The van der Waals surface area contributed by atoms with Gasteiger partial charge in [-0.15, -0.1) is 0 Å². The third-order valence-corrected chi connectivity index (χ3v) is 4.19. The normalized spacial score (nSPS) is 17.3. The molecule has 26 heavy (non-hydrogen) atoms. The second-order valence-electron chi connectivity index (χ2n) is 5.90. The summed E-state index contributed by atoms with van der Waals surface area (Å²) in [5.74, 6) is -1.60. The van der Waals surface area contributed by atoms with E-state index < -0.39 is 16.8 Å². The van der Waals surface area contributed by atoms with E-state index in [2.05, 4.69) is 15.5 Å². The van der Waals surface area contributed by atoms with Crippen LogP contribution in [0.15, 0.2) is 45.8 Å². The number of allylic oxidation sites excluding steroid dienone is 3. The lowest BCUT2D eigenvalue weighted by Gasteiger charge is -2.28. The summed E-state index contributed by atoms with van der Waals surface area (Å²) >= 11 is 0. The monoisotopic (exact) mass is 356 g/mol. The zero-order valence-electron chi connectivity index (χ0n) is 14.3. The topological polar surface area (TPSA) is 131 Å². The van der Waals surface area contributed by atoms with E-state index in [9.17, 15) is 20.0 Å². The predicted molar refractivity (Wildman–Crippen MR) is 90.9 cm³/mol. The lowest BCUT2D eigenvalue weighted by molar-refractivity contribution is -0.385. The van der Waals surface area contributed by atoms with Crippen LogP contribution in [0.5, 0.6) is 0 Å². The van der Waals surface area contributed by atoms with Crippen LogP contribution in [-0.2, 0) is 4.79 Å². The quantitative estimate of drug-likeness (QED) is 0.631. The van der Waals surface area contributed by atoms with Crippen LogP contribution in [0.3, 0.4) is 0 Å². The highest BCUT2D eigenvalue weighted by Gasteiger charge is 2.39. The molecule has 0 bridgehead atoms. The summed E-state index contributed by atoms with van der Waals surface area (Å²) in [7, 11) is 0. The average Bonchev–Trinajstić information content (AvgIpc) is 2.99. The number of nitrogens with one attached hydrogen (secondary N) is 1. The standard InChI is InChI=1S/C17H16N4O5/c1-8-13(16-19-10(3)20-26-16)15(14(17(22)23)9(2)18-8)11-6-4-5-7-12(11)21(24)25/h4-7,15,18H,1-3H3,(H,22,23). The molecular weight excluding hydrogens is 340 g/mol. The largest absolute Gasteiger partial charge is 0.478 e. The van der Waals surface area contributed by atoms with Gasteiger partial charge < -0.3 is 14.9 Å². The van der Waals surface area contributed by atoms with E-state index in [-0.39, 0.29) is 22.7 Å². The van der Waals surface area contributed by atoms with Crippen molar-refractivity contribution in [3.8, 4) is 0 Å².